The molecule has 0 amide bonds. The van der Waals surface area contributed by atoms with Crippen molar-refractivity contribution in [2.24, 2.45) is 0 Å². The van der Waals surface area contributed by atoms with Gasteiger partial charge in [0.2, 0.25) is 5.43 Å². The van der Waals surface area contributed by atoms with Gasteiger partial charge in [0.05, 0.1) is 11.6 Å². The standard InChI is InChI=1S/C8H5BN4O2/c9-4-2-13-5(7(15)6(4)14)3-1-10-11-8(3)12-13/h1-2,15H,(H2,10,11,12). The lowest BCUT2D eigenvalue weighted by molar-refractivity contribution is 0.474. The van der Waals surface area contributed by atoms with Gasteiger partial charge in [-0.3, -0.25) is 19.5 Å². The van der Waals surface area contributed by atoms with Crippen LogP contribution in [0.15, 0.2) is 17.2 Å². The highest BCUT2D eigenvalue weighted by molar-refractivity contribution is 6.32. The number of nitrogens with zero attached hydrogens (tertiary/aromatic N) is 2. The Hall–Kier alpha value is -2.18. The molecule has 6 nitrogen and oxygen atoms in total. The van der Waals surface area contributed by atoms with Crippen LogP contribution in [0.5, 0.6) is 5.75 Å². The largest absolute Gasteiger partial charge is 0.503 e. The predicted molar refractivity (Wildman–Crippen MR) is 54.7 cm³/mol. The molecule has 0 aliphatic heterocycles. The summed E-state index contributed by atoms with van der Waals surface area (Å²) in [5.41, 5.74) is 0.409. The zero-order valence-corrected chi connectivity index (χ0v) is 7.48. The van der Waals surface area contributed by atoms with Crippen molar-refractivity contribution in [2.75, 3.05) is 0 Å². The van der Waals surface area contributed by atoms with Gasteiger partial charge in [0.15, 0.2) is 5.75 Å². The lowest BCUT2D eigenvalue weighted by atomic mass is 9.97. The second-order valence-electron chi connectivity index (χ2n) is 3.25. The van der Waals surface area contributed by atoms with Crippen molar-refractivity contribution in [2.45, 2.75) is 0 Å². The van der Waals surface area contributed by atoms with Gasteiger partial charge < -0.3 is 5.11 Å². The van der Waals surface area contributed by atoms with E-state index in [1.54, 1.807) is 0 Å². The number of pyridine rings is 1. The molecule has 2 radical (unpaired) electrons. The van der Waals surface area contributed by atoms with Gasteiger partial charge in [-0.25, -0.2) is 0 Å². The molecule has 0 aliphatic rings. The van der Waals surface area contributed by atoms with Crippen LogP contribution in [0.3, 0.4) is 0 Å². The summed E-state index contributed by atoms with van der Waals surface area (Å²) < 4.78 is 1.48. The first kappa shape index (κ1) is 8.16. The Morgan fingerprint density at radius 3 is 3.13 bits per heavy atom. The summed E-state index contributed by atoms with van der Waals surface area (Å²) in [5.74, 6) is -0.373. The van der Waals surface area contributed by atoms with Gasteiger partial charge in [-0.15, -0.1) is 0 Å². The van der Waals surface area contributed by atoms with Crippen molar-refractivity contribution in [1.82, 2.24) is 19.8 Å². The number of fused-ring (bicyclic) bond motifs is 3. The number of hydrogen-bond acceptors (Lipinski definition) is 3. The molecule has 0 unspecified atom stereocenters. The van der Waals surface area contributed by atoms with Gasteiger partial charge in [0, 0.05) is 6.20 Å². The maximum atomic E-state index is 11.4. The molecule has 0 fully saturated rings. The predicted octanol–water partition coefficient (Wildman–Crippen LogP) is -0.997. The van der Waals surface area contributed by atoms with E-state index in [0.717, 1.165) is 0 Å². The summed E-state index contributed by atoms with van der Waals surface area (Å²) in [6.07, 6.45) is 2.95. The molecule has 7 heteroatoms. The second kappa shape index (κ2) is 2.44. The van der Waals surface area contributed by atoms with Crippen molar-refractivity contribution in [3.63, 3.8) is 0 Å². The van der Waals surface area contributed by atoms with Gasteiger partial charge in [0.25, 0.3) is 0 Å². The van der Waals surface area contributed by atoms with E-state index in [1.807, 2.05) is 0 Å². The monoisotopic (exact) mass is 200 g/mol. The third-order valence-electron chi connectivity index (χ3n) is 2.34. The maximum absolute atomic E-state index is 11.4. The molecule has 72 valence electrons. The first-order valence-electron chi connectivity index (χ1n) is 4.23. The Balaban J connectivity index is 2.69. The van der Waals surface area contributed by atoms with E-state index in [9.17, 15) is 9.90 Å². The molecule has 0 saturated heterocycles. The van der Waals surface area contributed by atoms with Crippen LogP contribution in [0.4, 0.5) is 0 Å². The fourth-order valence-electron chi connectivity index (χ4n) is 1.64. The van der Waals surface area contributed by atoms with Gasteiger partial charge in [-0.05, 0) is 5.46 Å². The molecule has 0 saturated carbocycles. The highest BCUT2D eigenvalue weighted by Crippen LogP contribution is 2.21. The molecule has 3 heterocycles. The fourth-order valence-corrected chi connectivity index (χ4v) is 1.64. The molecule has 3 N–H and O–H groups in total. The third-order valence-corrected chi connectivity index (χ3v) is 2.34. The highest BCUT2D eigenvalue weighted by atomic mass is 16.3. The summed E-state index contributed by atoms with van der Waals surface area (Å²) >= 11 is 0. The van der Waals surface area contributed by atoms with Crippen molar-refractivity contribution < 1.29 is 5.11 Å². The SMILES string of the molecule is [B]c1cn2[nH]c3[nH]ncc3c2c(O)c1=O. The Bertz CT molecular complexity index is 723. The first-order valence-corrected chi connectivity index (χ1v) is 4.23. The maximum Gasteiger partial charge on any atom is 0.216 e. The lowest BCUT2D eigenvalue weighted by Gasteiger charge is -1.99. The number of aromatic amines is 2. The van der Waals surface area contributed by atoms with Crippen molar-refractivity contribution in [1.29, 1.82) is 0 Å². The third kappa shape index (κ3) is 0.889. The van der Waals surface area contributed by atoms with Gasteiger partial charge in [-0.2, -0.15) is 5.10 Å². The number of rotatable bonds is 0. The molecule has 3 rings (SSSR count). The van der Waals surface area contributed by atoms with Gasteiger partial charge in [-0.1, -0.05) is 0 Å². The number of nitrogens with one attached hydrogen (secondary N) is 2. The summed E-state index contributed by atoms with van der Waals surface area (Å²) in [7, 11) is 5.44. The zero-order chi connectivity index (χ0) is 10.6. The van der Waals surface area contributed by atoms with Crippen LogP contribution in [0.2, 0.25) is 0 Å². The molecule has 3 aromatic heterocycles. The second-order valence-corrected chi connectivity index (χ2v) is 3.25. The van der Waals surface area contributed by atoms with Crippen LogP contribution < -0.4 is 10.9 Å². The fraction of sp³-hybridized carbons (Fsp3) is 0. The molecular formula is C8H5BN4O2. The van der Waals surface area contributed by atoms with Crippen LogP contribution >= 0.6 is 0 Å². The van der Waals surface area contributed by atoms with Crippen molar-refractivity contribution in [3.05, 3.63) is 22.6 Å². The van der Waals surface area contributed by atoms with Crippen LogP contribution in [0, 0.1) is 0 Å². The molecule has 3 aromatic rings. The van der Waals surface area contributed by atoms with E-state index >= 15 is 0 Å². The Labute approximate surface area is 83.9 Å². The minimum absolute atomic E-state index is 0.0122. The molecule has 0 aromatic carbocycles. The number of H-pyrrole nitrogens is 2. The van der Waals surface area contributed by atoms with E-state index in [-0.39, 0.29) is 11.2 Å². The smallest absolute Gasteiger partial charge is 0.216 e. The average Bonchev–Trinajstić information content (AvgIpc) is 2.73. The van der Waals surface area contributed by atoms with E-state index in [4.69, 9.17) is 7.85 Å². The molecule has 0 spiro atoms. The van der Waals surface area contributed by atoms with E-state index in [2.05, 4.69) is 15.3 Å². The zero-order valence-electron chi connectivity index (χ0n) is 7.48. The minimum atomic E-state index is -0.572. The molecular weight excluding hydrogens is 195 g/mol. The average molecular weight is 200 g/mol. The topological polar surface area (TPSA) is 86.2 Å². The van der Waals surface area contributed by atoms with Crippen LogP contribution in [-0.2, 0) is 0 Å². The van der Waals surface area contributed by atoms with Crippen LogP contribution in [0.1, 0.15) is 0 Å². The van der Waals surface area contributed by atoms with Gasteiger partial charge in [0.1, 0.15) is 19.0 Å². The number of hydrogen-bond donors (Lipinski definition) is 3. The van der Waals surface area contributed by atoms with Crippen molar-refractivity contribution in [3.8, 4) is 5.75 Å². The summed E-state index contributed by atoms with van der Waals surface area (Å²) in [6, 6.07) is 0. The van der Waals surface area contributed by atoms with Gasteiger partial charge >= 0.3 is 0 Å². The minimum Gasteiger partial charge on any atom is -0.503 e. The Kier molecular flexibility index (Phi) is 1.33. The molecule has 0 atom stereocenters. The normalized spacial score (nSPS) is 11.5. The van der Waals surface area contributed by atoms with Crippen LogP contribution in [-0.4, -0.2) is 32.8 Å². The van der Waals surface area contributed by atoms with E-state index in [0.29, 0.717) is 16.6 Å². The van der Waals surface area contributed by atoms with Crippen LogP contribution in [0.25, 0.3) is 16.6 Å². The summed E-state index contributed by atoms with van der Waals surface area (Å²) in [6.45, 7) is 0. The van der Waals surface area contributed by atoms with E-state index < -0.39 is 5.43 Å². The molecule has 0 bridgehead atoms. The quantitative estimate of drug-likeness (QED) is 0.407. The summed E-state index contributed by atoms with van der Waals surface area (Å²) in [5, 5.41) is 19.7. The number of aromatic nitrogens is 4. The Morgan fingerprint density at radius 2 is 2.33 bits per heavy atom. The molecule has 0 aliphatic carbocycles. The van der Waals surface area contributed by atoms with E-state index in [1.165, 1.54) is 16.9 Å². The number of aromatic hydroxyl groups is 1. The first-order chi connectivity index (χ1) is 7.18. The highest BCUT2D eigenvalue weighted by Gasteiger charge is 2.13. The summed E-state index contributed by atoms with van der Waals surface area (Å²) in [4.78, 5) is 11.4. The van der Waals surface area contributed by atoms with Crippen molar-refractivity contribution >= 4 is 29.9 Å². The molecule has 15 heavy (non-hydrogen) atoms. The lowest BCUT2D eigenvalue weighted by Crippen LogP contribution is -2.25. The Morgan fingerprint density at radius 1 is 1.53 bits per heavy atom.